The summed E-state index contributed by atoms with van der Waals surface area (Å²) in [5.74, 6) is -0.594. The van der Waals surface area contributed by atoms with E-state index in [-0.39, 0.29) is 37.1 Å². The molecule has 3 aromatic rings. The summed E-state index contributed by atoms with van der Waals surface area (Å²) < 4.78 is 82.4. The number of carbonyl (C=O) groups is 1. The number of nitrogens with zero attached hydrogens (tertiary/aromatic N) is 3. The van der Waals surface area contributed by atoms with E-state index in [2.05, 4.69) is 20.9 Å². The average molecular weight is 660 g/mol. The summed E-state index contributed by atoms with van der Waals surface area (Å²) in [6.07, 6.45) is -9.25. The van der Waals surface area contributed by atoms with Gasteiger partial charge in [-0.05, 0) is 61.7 Å². The second-order valence-corrected chi connectivity index (χ2v) is 11.5. The minimum absolute atomic E-state index is 0.0196. The summed E-state index contributed by atoms with van der Waals surface area (Å²) in [6.45, 7) is 2.27. The lowest BCUT2D eigenvalue weighted by atomic mass is 9.81. The number of alkyl halides is 6. The molecule has 42 heavy (non-hydrogen) atoms. The van der Waals surface area contributed by atoms with Gasteiger partial charge < -0.3 is 20.0 Å². The maximum absolute atomic E-state index is 14.1. The van der Waals surface area contributed by atoms with E-state index < -0.39 is 52.5 Å². The molecule has 0 unspecified atom stereocenters. The lowest BCUT2D eigenvalue weighted by molar-refractivity contribution is -0.143. The van der Waals surface area contributed by atoms with Gasteiger partial charge in [-0.2, -0.15) is 26.3 Å². The van der Waals surface area contributed by atoms with Crippen LogP contribution in [0.5, 0.6) is 0 Å². The van der Waals surface area contributed by atoms with E-state index in [1.807, 2.05) is 0 Å². The third kappa shape index (κ3) is 6.13. The monoisotopic (exact) mass is 659 g/mol. The number of aliphatic hydroxyl groups is 2. The Labute approximate surface area is 246 Å². The number of aromatic nitrogens is 1. The summed E-state index contributed by atoms with van der Waals surface area (Å²) in [5, 5.41) is 20.3. The van der Waals surface area contributed by atoms with Crippen LogP contribution in [-0.4, -0.2) is 53.4 Å². The Balaban J connectivity index is 1.91. The number of likely N-dealkylation sites (N-methyl/N-ethyl adjacent to an activating group) is 1. The second-order valence-electron chi connectivity index (χ2n) is 10.7. The zero-order chi connectivity index (χ0) is 31.2. The third-order valence-corrected chi connectivity index (χ3v) is 8.12. The molecular weight excluding hydrogens is 632 g/mol. The van der Waals surface area contributed by atoms with Gasteiger partial charge in [0.15, 0.2) is 5.82 Å². The number of rotatable bonds is 6. The van der Waals surface area contributed by atoms with Gasteiger partial charge >= 0.3 is 12.4 Å². The quantitative estimate of drug-likeness (QED) is 0.299. The van der Waals surface area contributed by atoms with Gasteiger partial charge in [-0.15, -0.1) is 0 Å². The van der Waals surface area contributed by atoms with Crippen molar-refractivity contribution in [2.24, 2.45) is 0 Å². The van der Waals surface area contributed by atoms with E-state index in [1.54, 1.807) is 35.2 Å². The number of pyridine rings is 1. The van der Waals surface area contributed by atoms with Crippen LogP contribution in [0.25, 0.3) is 11.1 Å². The van der Waals surface area contributed by atoms with Gasteiger partial charge in [0.05, 0.1) is 41.0 Å². The van der Waals surface area contributed by atoms with Crippen LogP contribution >= 0.6 is 15.9 Å². The van der Waals surface area contributed by atoms with E-state index >= 15 is 0 Å². The van der Waals surface area contributed by atoms with E-state index in [9.17, 15) is 41.4 Å². The number of hydrogen-bond donors (Lipinski definition) is 2. The molecular formula is C29H28BrF6N3O3. The molecule has 2 aromatic carbocycles. The van der Waals surface area contributed by atoms with E-state index in [0.29, 0.717) is 27.7 Å². The second kappa shape index (κ2) is 11.5. The maximum atomic E-state index is 14.1. The Hall–Kier alpha value is -3.16. The summed E-state index contributed by atoms with van der Waals surface area (Å²) in [4.78, 5) is 21.4. The Morgan fingerprint density at radius 3 is 2.12 bits per heavy atom. The highest BCUT2D eigenvalue weighted by Crippen LogP contribution is 2.44. The highest BCUT2D eigenvalue weighted by atomic mass is 79.9. The lowest BCUT2D eigenvalue weighted by Crippen LogP contribution is -2.43. The third-order valence-electron chi connectivity index (χ3n) is 7.43. The molecule has 2 atom stereocenters. The van der Waals surface area contributed by atoms with Gasteiger partial charge in [0, 0.05) is 29.8 Å². The molecule has 0 aliphatic carbocycles. The summed E-state index contributed by atoms with van der Waals surface area (Å²) >= 11 is 3.50. The van der Waals surface area contributed by atoms with Crippen molar-refractivity contribution in [2.75, 3.05) is 30.0 Å². The van der Waals surface area contributed by atoms with Crippen LogP contribution in [0.1, 0.15) is 37.0 Å². The standard InChI is InChI=1S/C29H28BrF6N3O3/c1-27(2,16-10-17(28(31,32)33)12-18(11-16)29(34,35)36)26(42)38(3)24-22(21-6-4-5-7-23(21)30)8-9-37-25(24)39-14-20(41)13-19(39)15-40/h4-12,19-20,40-41H,13-15H2,1-3H3/t19-,20-/m0/s1. The minimum Gasteiger partial charge on any atom is -0.394 e. The molecule has 4 rings (SSSR count). The van der Waals surface area contributed by atoms with Crippen molar-refractivity contribution in [3.8, 4) is 11.1 Å². The molecule has 13 heteroatoms. The number of carbonyl (C=O) groups excluding carboxylic acids is 1. The summed E-state index contributed by atoms with van der Waals surface area (Å²) in [7, 11) is 1.36. The average Bonchev–Trinajstić information content (AvgIpc) is 3.31. The molecule has 1 aromatic heterocycles. The van der Waals surface area contributed by atoms with Gasteiger partial charge in [-0.3, -0.25) is 4.79 Å². The molecule has 1 amide bonds. The van der Waals surface area contributed by atoms with E-state index in [0.717, 1.165) is 4.90 Å². The van der Waals surface area contributed by atoms with Crippen molar-refractivity contribution < 1.29 is 41.4 Å². The van der Waals surface area contributed by atoms with Gasteiger partial charge in [-0.1, -0.05) is 34.1 Å². The van der Waals surface area contributed by atoms with E-state index in [4.69, 9.17) is 0 Å². The highest BCUT2D eigenvalue weighted by Gasteiger charge is 2.42. The maximum Gasteiger partial charge on any atom is 0.416 e. The molecule has 226 valence electrons. The zero-order valence-corrected chi connectivity index (χ0v) is 24.3. The number of β-amino-alcohol motifs (C(OH)–C–C–N with tert-alkyl or cyclic N) is 1. The van der Waals surface area contributed by atoms with Crippen LogP contribution in [0.2, 0.25) is 0 Å². The normalized spacial score (nSPS) is 18.0. The first-order valence-electron chi connectivity index (χ1n) is 12.8. The zero-order valence-electron chi connectivity index (χ0n) is 22.8. The van der Waals surface area contributed by atoms with Gasteiger partial charge in [0.1, 0.15) is 0 Å². The molecule has 1 aliphatic rings. The Bertz CT molecular complexity index is 1450. The Kier molecular flexibility index (Phi) is 8.69. The first-order valence-corrected chi connectivity index (χ1v) is 13.6. The first-order chi connectivity index (χ1) is 19.5. The van der Waals surface area contributed by atoms with Gasteiger partial charge in [-0.25, -0.2) is 4.98 Å². The van der Waals surface area contributed by atoms with Crippen molar-refractivity contribution in [2.45, 2.75) is 50.2 Å². The van der Waals surface area contributed by atoms with Gasteiger partial charge in [0.25, 0.3) is 0 Å². The summed E-state index contributed by atoms with van der Waals surface area (Å²) in [6, 6.07) is 9.27. The smallest absolute Gasteiger partial charge is 0.394 e. The molecule has 2 N–H and O–H groups in total. The lowest BCUT2D eigenvalue weighted by Gasteiger charge is -2.35. The van der Waals surface area contributed by atoms with Crippen molar-refractivity contribution in [1.82, 2.24) is 4.98 Å². The topological polar surface area (TPSA) is 76.9 Å². The molecule has 1 saturated heterocycles. The van der Waals surface area contributed by atoms with Crippen molar-refractivity contribution in [3.05, 3.63) is 75.9 Å². The number of benzene rings is 2. The van der Waals surface area contributed by atoms with Crippen LogP contribution in [0, 0.1) is 0 Å². The van der Waals surface area contributed by atoms with Crippen LogP contribution in [0.15, 0.2) is 59.2 Å². The van der Waals surface area contributed by atoms with Crippen molar-refractivity contribution >= 4 is 33.3 Å². The number of halogens is 7. The fourth-order valence-electron chi connectivity index (χ4n) is 5.17. The molecule has 0 saturated carbocycles. The van der Waals surface area contributed by atoms with Crippen LogP contribution in [0.4, 0.5) is 37.8 Å². The highest BCUT2D eigenvalue weighted by molar-refractivity contribution is 9.10. The Morgan fingerprint density at radius 2 is 1.57 bits per heavy atom. The number of anilines is 2. The fourth-order valence-corrected chi connectivity index (χ4v) is 5.66. The summed E-state index contributed by atoms with van der Waals surface area (Å²) in [5.41, 5.74) is -4.07. The Morgan fingerprint density at radius 1 is 1.00 bits per heavy atom. The van der Waals surface area contributed by atoms with Crippen LogP contribution in [0.3, 0.4) is 0 Å². The predicted molar refractivity (Wildman–Crippen MR) is 149 cm³/mol. The largest absolute Gasteiger partial charge is 0.416 e. The minimum atomic E-state index is -5.08. The van der Waals surface area contributed by atoms with Crippen molar-refractivity contribution in [3.63, 3.8) is 0 Å². The number of amides is 1. The van der Waals surface area contributed by atoms with Gasteiger partial charge in [0.2, 0.25) is 5.91 Å². The van der Waals surface area contributed by atoms with Crippen LogP contribution < -0.4 is 9.80 Å². The molecule has 0 radical (unpaired) electrons. The van der Waals surface area contributed by atoms with Crippen LogP contribution in [-0.2, 0) is 22.6 Å². The molecule has 0 spiro atoms. The number of hydrogen-bond acceptors (Lipinski definition) is 5. The SMILES string of the molecule is CN(C(=O)C(C)(C)c1cc(C(F)(F)F)cc(C(F)(F)F)c1)c1c(-c2ccccc2Br)ccnc1N1C[C@@H](O)C[C@H]1CO. The predicted octanol–water partition coefficient (Wildman–Crippen LogP) is 6.42. The van der Waals surface area contributed by atoms with E-state index in [1.165, 1.54) is 27.1 Å². The molecule has 1 aliphatic heterocycles. The van der Waals surface area contributed by atoms with Crippen molar-refractivity contribution in [1.29, 1.82) is 0 Å². The molecule has 2 heterocycles. The molecule has 6 nitrogen and oxygen atoms in total. The molecule has 1 fully saturated rings. The molecule has 0 bridgehead atoms. The number of aliphatic hydroxyl groups excluding tert-OH is 2. The first kappa shape index (κ1) is 31.8. The fraction of sp³-hybridized carbons (Fsp3) is 0.379.